The smallest absolute Gasteiger partial charge is 0.265 e. The molecule has 0 atom stereocenters. The average molecular weight is 955 g/mol. The van der Waals surface area contributed by atoms with Gasteiger partial charge in [0.2, 0.25) is 0 Å². The van der Waals surface area contributed by atoms with Crippen LogP contribution in [0.5, 0.6) is 11.5 Å². The number of nitrogens with zero attached hydrogens (tertiary/aromatic N) is 4. The van der Waals surface area contributed by atoms with Crippen LogP contribution >= 0.6 is 0 Å². The molecule has 0 spiro atoms. The van der Waals surface area contributed by atoms with Gasteiger partial charge in [-0.2, -0.15) is 0 Å². The van der Waals surface area contributed by atoms with Crippen LogP contribution in [0.4, 0.5) is 56.1 Å². The molecule has 68 heavy (non-hydrogen) atoms. The Morgan fingerprint density at radius 3 is 1.56 bits per heavy atom. The van der Waals surface area contributed by atoms with E-state index < -0.39 is 13.1 Å². The normalized spacial score (nSPS) is 14.6. The van der Waals surface area contributed by atoms with Crippen LogP contribution in [0, 0.1) is 12.7 Å². The number of anilines is 6. The molecule has 0 fully saturated rings. The van der Waals surface area contributed by atoms with Crippen molar-refractivity contribution in [1.29, 1.82) is 0 Å². The SMILES string of the molecule is CC.CC(C)N1CCCc2cc(N)c(C(F)F)cc21.CC(C)N1CCCc2cc(N)c(F)cc21.CF.COc1cc2c(cc1C(C)C)CCCN2C(C)C.Cc1cc2c(cc1CF)N(C)CCO2. The van der Waals surface area contributed by atoms with Gasteiger partial charge in [0.05, 0.1) is 32.2 Å². The monoisotopic (exact) mass is 955 g/mol. The summed E-state index contributed by atoms with van der Waals surface area (Å²) < 4.78 is 72.3. The number of hydrogen-bond donors (Lipinski definition) is 2. The molecule has 4 N–H and O–H groups in total. The quantitative estimate of drug-likeness (QED) is 0.140. The lowest BCUT2D eigenvalue weighted by Crippen LogP contribution is -2.35. The Balaban J connectivity index is 0.000000235. The molecular weight excluding hydrogens is 872 g/mol. The molecule has 8 rings (SSSR count). The number of aryl methyl sites for hydroxylation is 4. The highest BCUT2D eigenvalue weighted by atomic mass is 19.3. The fourth-order valence-corrected chi connectivity index (χ4v) is 9.12. The molecule has 8 nitrogen and oxygen atoms in total. The standard InChI is InChI=1S/C16H25NO.C13H18F2N2.C12H17FN2.C11H14FNO.C2H6.CH3F/c1-11(2)14-9-13-7-6-8-17(12(3)4)15(13)10-16(14)18-5;1-8(2)17-5-3-4-9-6-11(16)10(13(14)15)7-12(9)17;1-8(2)15-5-3-4-9-6-11(14)10(13)7-12(9)15;1-8-5-11-10(6-9(8)7-12)13(2)3-4-14-11;2*1-2/h9-12H,6-8H2,1-5H3;6-8,13H,3-5,16H2,1-2H3;6-8H,3-5,14H2,1-2H3;5-6H,3-4,7H2,1-2H3;1-2H3;1H3. The second kappa shape index (κ2) is 27.2. The largest absolute Gasteiger partial charge is 0.496 e. The first kappa shape index (κ1) is 57.2. The van der Waals surface area contributed by atoms with E-state index in [1.54, 1.807) is 31.4 Å². The second-order valence-electron chi connectivity index (χ2n) is 18.6. The molecule has 0 aromatic heterocycles. The fraction of sp³-hybridized carbons (Fsp3) is 0.564. The highest BCUT2D eigenvalue weighted by Crippen LogP contribution is 2.39. The molecule has 4 aliphatic heterocycles. The first-order valence-corrected chi connectivity index (χ1v) is 24.6. The summed E-state index contributed by atoms with van der Waals surface area (Å²) in [5, 5.41) is 0. The molecule has 4 aromatic rings. The number of halogens is 5. The maximum Gasteiger partial charge on any atom is 0.265 e. The molecule has 0 amide bonds. The zero-order valence-corrected chi connectivity index (χ0v) is 43.6. The van der Waals surface area contributed by atoms with Crippen LogP contribution in [-0.4, -0.2) is 72.2 Å². The molecule has 380 valence electrons. The van der Waals surface area contributed by atoms with Gasteiger partial charge in [-0.15, -0.1) is 0 Å². The number of nitrogens with two attached hydrogens (primary N) is 2. The van der Waals surface area contributed by atoms with E-state index >= 15 is 0 Å². The number of ether oxygens (including phenoxy) is 2. The van der Waals surface area contributed by atoms with Gasteiger partial charge >= 0.3 is 0 Å². The Morgan fingerprint density at radius 2 is 1.10 bits per heavy atom. The minimum Gasteiger partial charge on any atom is -0.496 e. The summed E-state index contributed by atoms with van der Waals surface area (Å²) in [6.45, 7) is 27.6. The first-order chi connectivity index (χ1) is 32.4. The summed E-state index contributed by atoms with van der Waals surface area (Å²) in [5.41, 5.74) is 22.8. The Kier molecular flexibility index (Phi) is 22.9. The van der Waals surface area contributed by atoms with Gasteiger partial charge in [0.15, 0.2) is 0 Å². The number of benzene rings is 4. The number of likely N-dealkylation sites (N-methyl/N-ethyl adjacent to an activating group) is 1. The summed E-state index contributed by atoms with van der Waals surface area (Å²) in [7, 11) is 4.27. The summed E-state index contributed by atoms with van der Waals surface area (Å²) in [6, 6.07) is 16.3. The van der Waals surface area contributed by atoms with Crippen LogP contribution in [0.2, 0.25) is 0 Å². The number of alkyl halides is 4. The summed E-state index contributed by atoms with van der Waals surface area (Å²) in [6.07, 6.45) is 4.05. The zero-order valence-electron chi connectivity index (χ0n) is 43.6. The van der Waals surface area contributed by atoms with E-state index in [-0.39, 0.29) is 22.8 Å². The van der Waals surface area contributed by atoms with Crippen molar-refractivity contribution < 1.29 is 31.4 Å². The molecule has 4 aromatic carbocycles. The van der Waals surface area contributed by atoms with Crippen LogP contribution in [0.1, 0.15) is 140 Å². The van der Waals surface area contributed by atoms with E-state index in [2.05, 4.69) is 87.1 Å². The summed E-state index contributed by atoms with van der Waals surface area (Å²) >= 11 is 0. The van der Waals surface area contributed by atoms with Crippen molar-refractivity contribution in [3.63, 3.8) is 0 Å². The van der Waals surface area contributed by atoms with Gasteiger partial charge in [-0.05, 0) is 169 Å². The van der Waals surface area contributed by atoms with Crippen molar-refractivity contribution in [2.45, 2.75) is 152 Å². The van der Waals surface area contributed by atoms with Crippen molar-refractivity contribution >= 4 is 34.1 Å². The van der Waals surface area contributed by atoms with Crippen LogP contribution < -0.4 is 40.5 Å². The molecular formula is C55H83F5N6O2. The minimum absolute atomic E-state index is 0.0451. The predicted octanol–water partition coefficient (Wildman–Crippen LogP) is 13.8. The first-order valence-electron chi connectivity index (χ1n) is 24.6. The van der Waals surface area contributed by atoms with Gasteiger partial charge in [0.1, 0.15) is 30.6 Å². The summed E-state index contributed by atoms with van der Waals surface area (Å²) in [4.78, 5) is 8.99. The van der Waals surface area contributed by atoms with Crippen molar-refractivity contribution in [2.75, 3.05) is 85.2 Å². The van der Waals surface area contributed by atoms with E-state index in [9.17, 15) is 22.0 Å². The Bertz CT molecular complexity index is 2180. The molecule has 0 aliphatic carbocycles. The maximum absolute atomic E-state index is 13.4. The third-order valence-corrected chi connectivity index (χ3v) is 12.8. The predicted molar refractivity (Wildman–Crippen MR) is 279 cm³/mol. The van der Waals surface area contributed by atoms with E-state index in [4.69, 9.17) is 20.9 Å². The number of hydrogen-bond acceptors (Lipinski definition) is 8. The topological polar surface area (TPSA) is 83.5 Å². The number of rotatable bonds is 7. The third kappa shape index (κ3) is 14.5. The average Bonchev–Trinajstić information content (AvgIpc) is 3.32. The zero-order chi connectivity index (χ0) is 51.0. The van der Waals surface area contributed by atoms with Crippen molar-refractivity contribution in [3.05, 3.63) is 93.3 Å². The van der Waals surface area contributed by atoms with Gasteiger partial charge in [-0.1, -0.05) is 27.7 Å². The van der Waals surface area contributed by atoms with Gasteiger partial charge in [0.25, 0.3) is 6.43 Å². The van der Waals surface area contributed by atoms with Crippen molar-refractivity contribution in [3.8, 4) is 11.5 Å². The van der Waals surface area contributed by atoms with Crippen LogP contribution in [0.25, 0.3) is 0 Å². The molecule has 0 unspecified atom stereocenters. The minimum atomic E-state index is -2.50. The highest BCUT2D eigenvalue weighted by molar-refractivity contribution is 5.67. The van der Waals surface area contributed by atoms with Crippen LogP contribution in [0.15, 0.2) is 48.5 Å². The fourth-order valence-electron chi connectivity index (χ4n) is 9.12. The molecule has 0 radical (unpaired) electrons. The summed E-state index contributed by atoms with van der Waals surface area (Å²) in [5.74, 6) is 2.12. The third-order valence-electron chi connectivity index (χ3n) is 12.8. The van der Waals surface area contributed by atoms with Crippen molar-refractivity contribution in [1.82, 2.24) is 0 Å². The maximum atomic E-state index is 13.4. The highest BCUT2D eigenvalue weighted by Gasteiger charge is 2.25. The Morgan fingerprint density at radius 1 is 0.632 bits per heavy atom. The Labute approximate surface area is 406 Å². The van der Waals surface area contributed by atoms with Crippen molar-refractivity contribution in [2.24, 2.45) is 0 Å². The molecule has 4 aliphatic rings. The number of nitrogen functional groups attached to an aromatic ring is 2. The van der Waals surface area contributed by atoms with E-state index in [1.165, 1.54) is 35.2 Å². The number of fused-ring (bicyclic) bond motifs is 4. The van der Waals surface area contributed by atoms with E-state index in [0.717, 1.165) is 97.1 Å². The van der Waals surface area contributed by atoms with E-state index in [0.29, 0.717) is 37.8 Å². The lowest BCUT2D eigenvalue weighted by atomic mass is 9.93. The van der Waals surface area contributed by atoms with Gasteiger partial charge in [0, 0.05) is 79.2 Å². The Hall–Kier alpha value is -5.07. The molecule has 13 heteroatoms. The van der Waals surface area contributed by atoms with Gasteiger partial charge in [-0.3, -0.25) is 4.39 Å². The molecule has 0 saturated heterocycles. The van der Waals surface area contributed by atoms with Crippen LogP contribution in [0.3, 0.4) is 0 Å². The molecule has 0 bridgehead atoms. The lowest BCUT2D eigenvalue weighted by molar-refractivity contribution is 0.152. The molecule has 4 heterocycles. The van der Waals surface area contributed by atoms with Gasteiger partial charge < -0.3 is 40.5 Å². The van der Waals surface area contributed by atoms with E-state index in [1.807, 2.05) is 40.0 Å². The molecule has 0 saturated carbocycles. The second-order valence-corrected chi connectivity index (χ2v) is 18.6. The van der Waals surface area contributed by atoms with Gasteiger partial charge in [-0.25, -0.2) is 17.6 Å². The lowest BCUT2D eigenvalue weighted by Gasteiger charge is -2.35. The number of methoxy groups -OCH3 is 1. The van der Waals surface area contributed by atoms with Crippen LogP contribution in [-0.2, 0) is 25.9 Å².